The molecule has 3 heteroatoms. The number of hydrogen-bond donors (Lipinski definition) is 1. The normalized spacial score (nSPS) is 10.3. The van der Waals surface area contributed by atoms with Crippen LogP contribution in [0.1, 0.15) is 11.1 Å². The Hall–Kier alpha value is -1.51. The lowest BCUT2D eigenvalue weighted by Crippen LogP contribution is -2.77. The number of rotatable bonds is 5. The van der Waals surface area contributed by atoms with Crippen LogP contribution in [-0.2, 0) is 13.2 Å². The first-order valence-electron chi connectivity index (χ1n) is 6.02. The highest BCUT2D eigenvalue weighted by molar-refractivity contribution is 6.31. The molecule has 0 amide bonds. The zero-order chi connectivity index (χ0) is 12.8. The van der Waals surface area contributed by atoms with Crippen LogP contribution in [0.3, 0.4) is 0 Å². The predicted octanol–water partition coefficient (Wildman–Crippen LogP) is 2.61. The van der Waals surface area contributed by atoms with Gasteiger partial charge in [0.25, 0.3) is 0 Å². The van der Waals surface area contributed by atoms with Gasteiger partial charge in [0.1, 0.15) is 18.9 Å². The minimum absolute atomic E-state index is 0.499. The second-order valence-electron chi connectivity index (χ2n) is 4.14. The first-order valence-corrected chi connectivity index (χ1v) is 6.40. The standard InChI is InChI=1S/C15H16ClNO/c1-17-10-12-5-4-7-14(9-12)18-11-13-6-2-3-8-15(13)16/h2-9,17H,10-11H2,1H3/p+1. The molecule has 2 aromatic carbocycles. The van der Waals surface area contributed by atoms with Gasteiger partial charge in [0.2, 0.25) is 0 Å². The average molecular weight is 263 g/mol. The zero-order valence-electron chi connectivity index (χ0n) is 10.4. The molecule has 0 bridgehead atoms. The highest BCUT2D eigenvalue weighted by atomic mass is 35.5. The minimum atomic E-state index is 0.499. The highest BCUT2D eigenvalue weighted by Crippen LogP contribution is 2.19. The smallest absolute Gasteiger partial charge is 0.120 e. The van der Waals surface area contributed by atoms with Crippen LogP contribution in [0.2, 0.25) is 5.02 Å². The van der Waals surface area contributed by atoms with Crippen molar-refractivity contribution in [2.24, 2.45) is 0 Å². The van der Waals surface area contributed by atoms with Crippen molar-refractivity contribution in [3.63, 3.8) is 0 Å². The Balaban J connectivity index is 2.02. The third-order valence-corrected chi connectivity index (χ3v) is 3.06. The lowest BCUT2D eigenvalue weighted by molar-refractivity contribution is -0.643. The molecule has 2 nitrogen and oxygen atoms in total. The summed E-state index contributed by atoms with van der Waals surface area (Å²) < 4.78 is 5.76. The van der Waals surface area contributed by atoms with Crippen LogP contribution >= 0.6 is 11.6 Å². The largest absolute Gasteiger partial charge is 0.489 e. The molecule has 0 aliphatic rings. The molecule has 0 spiro atoms. The molecule has 2 aromatic rings. The van der Waals surface area contributed by atoms with E-state index < -0.39 is 0 Å². The second kappa shape index (κ2) is 6.43. The fourth-order valence-electron chi connectivity index (χ4n) is 1.77. The Morgan fingerprint density at radius 2 is 1.94 bits per heavy atom. The molecule has 0 radical (unpaired) electrons. The summed E-state index contributed by atoms with van der Waals surface area (Å²) in [6, 6.07) is 15.9. The lowest BCUT2D eigenvalue weighted by Gasteiger charge is -2.08. The summed E-state index contributed by atoms with van der Waals surface area (Å²) in [5, 5.41) is 2.88. The van der Waals surface area contributed by atoms with Crippen LogP contribution in [0.4, 0.5) is 0 Å². The molecule has 2 rings (SSSR count). The molecular formula is C15H17ClNO+. The van der Waals surface area contributed by atoms with Gasteiger partial charge in [-0.2, -0.15) is 0 Å². The molecule has 0 atom stereocenters. The van der Waals surface area contributed by atoms with Crippen LogP contribution in [0.15, 0.2) is 48.5 Å². The van der Waals surface area contributed by atoms with Gasteiger partial charge in [0, 0.05) is 16.1 Å². The number of halogens is 1. The molecule has 0 heterocycles. The third-order valence-electron chi connectivity index (χ3n) is 2.69. The van der Waals surface area contributed by atoms with E-state index in [2.05, 4.69) is 24.5 Å². The minimum Gasteiger partial charge on any atom is -0.489 e. The number of benzene rings is 2. The van der Waals surface area contributed by atoms with Gasteiger partial charge < -0.3 is 10.1 Å². The molecule has 0 fully saturated rings. The number of hydrogen-bond acceptors (Lipinski definition) is 1. The number of nitrogens with two attached hydrogens (primary N) is 1. The lowest BCUT2D eigenvalue weighted by atomic mass is 10.2. The maximum atomic E-state index is 6.09. The van der Waals surface area contributed by atoms with E-state index in [0.717, 1.165) is 22.9 Å². The van der Waals surface area contributed by atoms with Gasteiger partial charge >= 0.3 is 0 Å². The summed E-state index contributed by atoms with van der Waals surface area (Å²) in [5.74, 6) is 0.884. The Labute approximate surface area is 113 Å². The predicted molar refractivity (Wildman–Crippen MR) is 73.8 cm³/mol. The molecule has 0 unspecified atom stereocenters. The topological polar surface area (TPSA) is 25.8 Å². The summed E-state index contributed by atoms with van der Waals surface area (Å²) in [6.07, 6.45) is 0. The Morgan fingerprint density at radius 3 is 2.72 bits per heavy atom. The Morgan fingerprint density at radius 1 is 1.11 bits per heavy atom. The maximum absolute atomic E-state index is 6.09. The van der Waals surface area contributed by atoms with Crippen molar-refractivity contribution in [1.82, 2.24) is 0 Å². The molecule has 94 valence electrons. The van der Waals surface area contributed by atoms with Crippen molar-refractivity contribution in [3.8, 4) is 5.75 Å². The van der Waals surface area contributed by atoms with Gasteiger partial charge in [-0.3, -0.25) is 0 Å². The SMILES string of the molecule is C[NH2+]Cc1cccc(OCc2ccccc2Cl)c1. The summed E-state index contributed by atoms with van der Waals surface area (Å²) >= 11 is 6.09. The van der Waals surface area contributed by atoms with E-state index in [1.807, 2.05) is 36.4 Å². The monoisotopic (exact) mass is 262 g/mol. The fraction of sp³-hybridized carbons (Fsp3) is 0.200. The maximum Gasteiger partial charge on any atom is 0.120 e. The van der Waals surface area contributed by atoms with Crippen molar-refractivity contribution >= 4 is 11.6 Å². The highest BCUT2D eigenvalue weighted by Gasteiger charge is 2.01. The van der Waals surface area contributed by atoms with E-state index in [0.29, 0.717) is 6.61 Å². The van der Waals surface area contributed by atoms with Crippen LogP contribution in [0.5, 0.6) is 5.75 Å². The van der Waals surface area contributed by atoms with Crippen molar-refractivity contribution in [1.29, 1.82) is 0 Å². The Bertz CT molecular complexity index is 513. The van der Waals surface area contributed by atoms with Gasteiger partial charge in [0.05, 0.1) is 7.05 Å². The van der Waals surface area contributed by atoms with Crippen LogP contribution in [-0.4, -0.2) is 7.05 Å². The molecule has 0 saturated carbocycles. The molecule has 0 saturated heterocycles. The van der Waals surface area contributed by atoms with Gasteiger partial charge in [-0.1, -0.05) is 41.9 Å². The van der Waals surface area contributed by atoms with Crippen molar-refractivity contribution in [3.05, 3.63) is 64.7 Å². The summed E-state index contributed by atoms with van der Waals surface area (Å²) in [7, 11) is 2.05. The quantitative estimate of drug-likeness (QED) is 0.881. The van der Waals surface area contributed by atoms with E-state index in [1.54, 1.807) is 0 Å². The molecule has 0 aliphatic heterocycles. The van der Waals surface area contributed by atoms with Crippen LogP contribution in [0.25, 0.3) is 0 Å². The third kappa shape index (κ3) is 3.49. The molecule has 0 aliphatic carbocycles. The summed E-state index contributed by atoms with van der Waals surface area (Å²) in [4.78, 5) is 0. The van der Waals surface area contributed by atoms with Gasteiger partial charge in [0.15, 0.2) is 0 Å². The number of ether oxygens (including phenoxy) is 1. The van der Waals surface area contributed by atoms with Crippen molar-refractivity contribution in [2.45, 2.75) is 13.2 Å². The van der Waals surface area contributed by atoms with Gasteiger partial charge in [-0.15, -0.1) is 0 Å². The van der Waals surface area contributed by atoms with E-state index in [1.165, 1.54) is 5.56 Å². The first kappa shape index (κ1) is 12.9. The van der Waals surface area contributed by atoms with E-state index in [4.69, 9.17) is 16.3 Å². The average Bonchev–Trinajstić information content (AvgIpc) is 2.39. The molecular weight excluding hydrogens is 246 g/mol. The van der Waals surface area contributed by atoms with Crippen molar-refractivity contribution < 1.29 is 10.1 Å². The van der Waals surface area contributed by atoms with E-state index >= 15 is 0 Å². The first-order chi connectivity index (χ1) is 8.79. The van der Waals surface area contributed by atoms with E-state index in [-0.39, 0.29) is 0 Å². The fourth-order valence-corrected chi connectivity index (χ4v) is 1.96. The molecule has 2 N–H and O–H groups in total. The van der Waals surface area contributed by atoms with Crippen LogP contribution < -0.4 is 10.1 Å². The van der Waals surface area contributed by atoms with Gasteiger partial charge in [-0.05, 0) is 18.2 Å². The summed E-state index contributed by atoms with van der Waals surface area (Å²) in [6.45, 7) is 1.46. The van der Waals surface area contributed by atoms with Crippen LogP contribution in [0, 0.1) is 0 Å². The zero-order valence-corrected chi connectivity index (χ0v) is 11.2. The number of quaternary nitrogens is 1. The molecule has 18 heavy (non-hydrogen) atoms. The molecule has 0 aromatic heterocycles. The second-order valence-corrected chi connectivity index (χ2v) is 4.55. The van der Waals surface area contributed by atoms with Crippen molar-refractivity contribution in [2.75, 3.05) is 7.05 Å². The Kier molecular flexibility index (Phi) is 4.62. The summed E-state index contributed by atoms with van der Waals surface area (Å²) in [5.41, 5.74) is 2.26. The van der Waals surface area contributed by atoms with E-state index in [9.17, 15) is 0 Å². The van der Waals surface area contributed by atoms with Gasteiger partial charge in [-0.25, -0.2) is 0 Å².